The average Bonchev–Trinajstić information content (AvgIpc) is 2.66. The van der Waals surface area contributed by atoms with Gasteiger partial charge >= 0.3 is 0 Å². The van der Waals surface area contributed by atoms with E-state index >= 15 is 0 Å². The van der Waals surface area contributed by atoms with Crippen LogP contribution in [0, 0.1) is 0 Å². The number of rotatable bonds is 6. The number of carbonyl (C=O) groups is 2. The van der Waals surface area contributed by atoms with E-state index in [-0.39, 0.29) is 24.3 Å². The highest BCUT2D eigenvalue weighted by molar-refractivity contribution is 5.94. The molecule has 0 bridgehead atoms. The van der Waals surface area contributed by atoms with Crippen LogP contribution in [0.1, 0.15) is 35.8 Å². The molecule has 4 nitrogen and oxygen atoms in total. The van der Waals surface area contributed by atoms with Gasteiger partial charge in [0.05, 0.1) is 6.04 Å². The smallest absolute Gasteiger partial charge is 0.258 e. The molecule has 132 valence electrons. The fraction of sp³-hybridized carbons (Fsp3) is 0.182. The van der Waals surface area contributed by atoms with Crippen molar-refractivity contribution < 1.29 is 14.3 Å². The number of hydrogen-bond acceptors (Lipinski definition) is 3. The van der Waals surface area contributed by atoms with Gasteiger partial charge < -0.3 is 10.1 Å². The molecule has 3 aromatic carbocycles. The van der Waals surface area contributed by atoms with Gasteiger partial charge in [-0.1, -0.05) is 48.5 Å². The molecule has 1 unspecified atom stereocenters. The molecule has 0 aliphatic rings. The van der Waals surface area contributed by atoms with Crippen LogP contribution in [0.25, 0.3) is 10.8 Å². The molecule has 1 N–H and O–H groups in total. The Morgan fingerprint density at radius 1 is 0.962 bits per heavy atom. The molecule has 26 heavy (non-hydrogen) atoms. The number of carbonyl (C=O) groups excluding carboxylic acids is 2. The van der Waals surface area contributed by atoms with Crippen molar-refractivity contribution in [1.29, 1.82) is 0 Å². The van der Waals surface area contributed by atoms with Crippen LogP contribution in [0.5, 0.6) is 5.75 Å². The molecule has 0 fully saturated rings. The highest BCUT2D eigenvalue weighted by atomic mass is 16.5. The molecule has 0 aliphatic heterocycles. The van der Waals surface area contributed by atoms with Gasteiger partial charge in [-0.15, -0.1) is 0 Å². The van der Waals surface area contributed by atoms with Crippen molar-refractivity contribution in [2.45, 2.75) is 19.9 Å². The zero-order valence-corrected chi connectivity index (χ0v) is 14.9. The van der Waals surface area contributed by atoms with Gasteiger partial charge in [-0.25, -0.2) is 0 Å². The van der Waals surface area contributed by atoms with Crippen molar-refractivity contribution in [2.75, 3.05) is 6.61 Å². The number of benzene rings is 3. The summed E-state index contributed by atoms with van der Waals surface area (Å²) in [4.78, 5) is 23.6. The van der Waals surface area contributed by atoms with Gasteiger partial charge in [-0.3, -0.25) is 9.59 Å². The highest BCUT2D eigenvalue weighted by Gasteiger charge is 2.11. The average molecular weight is 347 g/mol. The first kappa shape index (κ1) is 17.7. The van der Waals surface area contributed by atoms with Crippen molar-refractivity contribution in [3.05, 3.63) is 77.9 Å². The molecule has 0 heterocycles. The van der Waals surface area contributed by atoms with E-state index in [1.54, 1.807) is 24.3 Å². The lowest BCUT2D eigenvalue weighted by atomic mass is 10.0. The lowest BCUT2D eigenvalue weighted by molar-refractivity contribution is -0.123. The topological polar surface area (TPSA) is 55.4 Å². The summed E-state index contributed by atoms with van der Waals surface area (Å²) in [5.74, 6) is 0.259. The molecule has 0 saturated carbocycles. The van der Waals surface area contributed by atoms with Crippen LogP contribution in [0.3, 0.4) is 0 Å². The van der Waals surface area contributed by atoms with E-state index in [2.05, 4.69) is 29.6 Å². The Balaban J connectivity index is 1.60. The predicted molar refractivity (Wildman–Crippen MR) is 102 cm³/mol. The lowest BCUT2D eigenvalue weighted by Crippen LogP contribution is -2.31. The second-order valence-electron chi connectivity index (χ2n) is 6.27. The van der Waals surface area contributed by atoms with E-state index < -0.39 is 0 Å². The monoisotopic (exact) mass is 347 g/mol. The molecule has 0 aliphatic carbocycles. The van der Waals surface area contributed by atoms with Crippen molar-refractivity contribution in [3.8, 4) is 5.75 Å². The van der Waals surface area contributed by atoms with Gasteiger partial charge in [0, 0.05) is 5.56 Å². The molecule has 1 amide bonds. The minimum Gasteiger partial charge on any atom is -0.484 e. The Bertz CT molecular complexity index is 949. The minimum atomic E-state index is -0.209. The van der Waals surface area contributed by atoms with Crippen molar-refractivity contribution in [2.24, 2.45) is 0 Å². The van der Waals surface area contributed by atoms with Crippen LogP contribution >= 0.6 is 0 Å². The quantitative estimate of drug-likeness (QED) is 0.677. The van der Waals surface area contributed by atoms with Gasteiger partial charge in [0.15, 0.2) is 12.4 Å². The number of fused-ring (bicyclic) bond motifs is 1. The summed E-state index contributed by atoms with van der Waals surface area (Å²) in [6, 6.07) is 21.0. The van der Waals surface area contributed by atoms with E-state index in [9.17, 15) is 9.59 Å². The Morgan fingerprint density at radius 2 is 1.73 bits per heavy atom. The second kappa shape index (κ2) is 7.83. The van der Waals surface area contributed by atoms with E-state index in [1.165, 1.54) is 12.3 Å². The first-order valence-electron chi connectivity index (χ1n) is 8.55. The molecule has 1 atom stereocenters. The first-order chi connectivity index (χ1) is 12.5. The van der Waals surface area contributed by atoms with Crippen molar-refractivity contribution >= 4 is 22.5 Å². The molecule has 0 aromatic heterocycles. The van der Waals surface area contributed by atoms with Gasteiger partial charge in [0.2, 0.25) is 0 Å². The third-order valence-corrected chi connectivity index (χ3v) is 4.26. The van der Waals surface area contributed by atoms with E-state index in [0.717, 1.165) is 10.9 Å². The summed E-state index contributed by atoms with van der Waals surface area (Å²) in [5.41, 5.74) is 1.60. The third-order valence-electron chi connectivity index (χ3n) is 4.26. The number of amides is 1. The molecule has 0 saturated heterocycles. The SMILES string of the molecule is CC(=O)c1cccc(OCC(=O)NC(C)c2ccc3ccccc3c2)c1. The standard InChI is InChI=1S/C22H21NO3/c1-15(18-11-10-17-6-3-4-7-20(17)12-18)23-22(25)14-26-21-9-5-8-19(13-21)16(2)24/h3-13,15H,14H2,1-2H3,(H,23,25). The Morgan fingerprint density at radius 3 is 2.50 bits per heavy atom. The molecule has 3 aromatic rings. The van der Waals surface area contributed by atoms with Crippen molar-refractivity contribution in [3.63, 3.8) is 0 Å². The Hall–Kier alpha value is -3.14. The number of Topliss-reactive ketones (excluding diaryl/α,β-unsaturated/α-hetero) is 1. The van der Waals surface area contributed by atoms with Gasteiger partial charge in [0.1, 0.15) is 5.75 Å². The molecule has 4 heteroatoms. The fourth-order valence-corrected chi connectivity index (χ4v) is 2.80. The summed E-state index contributed by atoms with van der Waals surface area (Å²) < 4.78 is 5.50. The van der Waals surface area contributed by atoms with Crippen LogP contribution in [0.4, 0.5) is 0 Å². The van der Waals surface area contributed by atoms with E-state index in [0.29, 0.717) is 11.3 Å². The maximum atomic E-state index is 12.2. The Kier molecular flexibility index (Phi) is 5.32. The second-order valence-corrected chi connectivity index (χ2v) is 6.27. The zero-order chi connectivity index (χ0) is 18.5. The summed E-state index contributed by atoms with van der Waals surface area (Å²) in [6.45, 7) is 3.34. The summed E-state index contributed by atoms with van der Waals surface area (Å²) >= 11 is 0. The van der Waals surface area contributed by atoms with Gasteiger partial charge in [-0.05, 0) is 48.4 Å². The minimum absolute atomic E-state index is 0.0372. The highest BCUT2D eigenvalue weighted by Crippen LogP contribution is 2.20. The third kappa shape index (κ3) is 4.28. The fourth-order valence-electron chi connectivity index (χ4n) is 2.80. The number of nitrogens with one attached hydrogen (secondary N) is 1. The van der Waals surface area contributed by atoms with E-state index in [1.807, 2.05) is 25.1 Å². The number of ether oxygens (including phenoxy) is 1. The van der Waals surface area contributed by atoms with Crippen molar-refractivity contribution in [1.82, 2.24) is 5.32 Å². The van der Waals surface area contributed by atoms with Gasteiger partial charge in [-0.2, -0.15) is 0 Å². The van der Waals surface area contributed by atoms with Crippen LogP contribution in [-0.2, 0) is 4.79 Å². The maximum absolute atomic E-state index is 12.2. The van der Waals surface area contributed by atoms with Crippen LogP contribution < -0.4 is 10.1 Å². The predicted octanol–water partition coefficient (Wildman–Crippen LogP) is 4.30. The first-order valence-corrected chi connectivity index (χ1v) is 8.55. The Labute approximate surface area is 152 Å². The summed E-state index contributed by atoms with van der Waals surface area (Å²) in [7, 11) is 0. The van der Waals surface area contributed by atoms with E-state index in [4.69, 9.17) is 4.74 Å². The molecular formula is C22H21NO3. The van der Waals surface area contributed by atoms with Crippen LogP contribution in [0.15, 0.2) is 66.7 Å². The van der Waals surface area contributed by atoms with Crippen LogP contribution in [-0.4, -0.2) is 18.3 Å². The number of hydrogen-bond donors (Lipinski definition) is 1. The summed E-state index contributed by atoms with van der Waals surface area (Å²) in [6.07, 6.45) is 0. The largest absolute Gasteiger partial charge is 0.484 e. The molecule has 3 rings (SSSR count). The normalized spacial score (nSPS) is 11.8. The molecule has 0 radical (unpaired) electrons. The molecular weight excluding hydrogens is 326 g/mol. The van der Waals surface area contributed by atoms with Gasteiger partial charge in [0.25, 0.3) is 5.91 Å². The molecule has 0 spiro atoms. The maximum Gasteiger partial charge on any atom is 0.258 e. The lowest BCUT2D eigenvalue weighted by Gasteiger charge is -2.15. The summed E-state index contributed by atoms with van der Waals surface area (Å²) in [5, 5.41) is 5.25. The number of ketones is 1. The van der Waals surface area contributed by atoms with Crippen LogP contribution in [0.2, 0.25) is 0 Å². The zero-order valence-electron chi connectivity index (χ0n) is 14.9.